The zero-order valence-electron chi connectivity index (χ0n) is 16.6. The number of aryl methyl sites for hydroxylation is 1. The van der Waals surface area contributed by atoms with Gasteiger partial charge in [0, 0.05) is 31.2 Å². The molecule has 0 N–H and O–H groups in total. The highest BCUT2D eigenvalue weighted by Gasteiger charge is 2.28. The Labute approximate surface area is 177 Å². The van der Waals surface area contributed by atoms with E-state index in [4.69, 9.17) is 16.3 Å². The molecule has 29 heavy (non-hydrogen) atoms. The molecule has 0 aliphatic carbocycles. The summed E-state index contributed by atoms with van der Waals surface area (Å²) in [6, 6.07) is 12.3. The second-order valence-electron chi connectivity index (χ2n) is 7.13. The Bertz CT molecular complexity index is 977. The number of halogens is 1. The van der Waals surface area contributed by atoms with Crippen LogP contribution < -0.4 is 0 Å². The quantitative estimate of drug-likeness (QED) is 0.672. The third-order valence-electron chi connectivity index (χ3n) is 5.08. The van der Waals surface area contributed by atoms with E-state index in [1.165, 1.54) is 23.5 Å². The molecule has 0 bridgehead atoms. The van der Waals surface area contributed by atoms with Crippen molar-refractivity contribution in [3.05, 3.63) is 64.2 Å². The lowest BCUT2D eigenvalue weighted by molar-refractivity contribution is 0.0600. The first-order chi connectivity index (χ1) is 13.8. The lowest BCUT2D eigenvalue weighted by Gasteiger charge is -2.22. The van der Waals surface area contributed by atoms with Gasteiger partial charge in [0.05, 0.1) is 17.6 Å². The van der Waals surface area contributed by atoms with Crippen molar-refractivity contribution in [2.24, 2.45) is 0 Å². The molecule has 0 radical (unpaired) electrons. The van der Waals surface area contributed by atoms with Crippen LogP contribution in [0.4, 0.5) is 0 Å². The Kier molecular flexibility index (Phi) is 6.95. The van der Waals surface area contributed by atoms with Crippen LogP contribution in [0.2, 0.25) is 5.02 Å². The lowest BCUT2D eigenvalue weighted by Crippen LogP contribution is -2.35. The molecule has 1 aliphatic heterocycles. The maximum absolute atomic E-state index is 13.2. The van der Waals surface area contributed by atoms with Gasteiger partial charge in [0.2, 0.25) is 10.0 Å². The van der Waals surface area contributed by atoms with Crippen molar-refractivity contribution in [1.29, 1.82) is 0 Å². The summed E-state index contributed by atoms with van der Waals surface area (Å²) in [6.45, 7) is 4.84. The topological polar surface area (TPSA) is 66.9 Å². The summed E-state index contributed by atoms with van der Waals surface area (Å²) < 4.78 is 32.6. The Morgan fingerprint density at radius 3 is 2.45 bits per heavy atom. The van der Waals surface area contributed by atoms with E-state index >= 15 is 0 Å². The van der Waals surface area contributed by atoms with Gasteiger partial charge in [-0.1, -0.05) is 23.7 Å². The van der Waals surface area contributed by atoms with Gasteiger partial charge in [-0.25, -0.2) is 13.2 Å². The van der Waals surface area contributed by atoms with E-state index in [1.54, 1.807) is 13.0 Å². The number of hydrogen-bond acceptors (Lipinski definition) is 5. The number of carbonyl (C=O) groups is 1. The van der Waals surface area contributed by atoms with E-state index in [-0.39, 0.29) is 4.90 Å². The van der Waals surface area contributed by atoms with Crippen LogP contribution in [0.3, 0.4) is 0 Å². The first-order valence-corrected chi connectivity index (χ1v) is 11.3. The molecule has 3 rings (SSSR count). The fourth-order valence-corrected chi connectivity index (χ4v) is 5.32. The summed E-state index contributed by atoms with van der Waals surface area (Å²) in [5.41, 5.74) is 2.03. The van der Waals surface area contributed by atoms with E-state index in [1.807, 2.05) is 24.3 Å². The van der Waals surface area contributed by atoms with Gasteiger partial charge in [-0.05, 0) is 61.3 Å². The molecule has 1 saturated heterocycles. The van der Waals surface area contributed by atoms with Gasteiger partial charge in [-0.2, -0.15) is 4.31 Å². The third kappa shape index (κ3) is 5.17. The summed E-state index contributed by atoms with van der Waals surface area (Å²) >= 11 is 5.94. The van der Waals surface area contributed by atoms with Gasteiger partial charge in [0.15, 0.2) is 0 Å². The molecule has 1 aliphatic rings. The van der Waals surface area contributed by atoms with Crippen molar-refractivity contribution in [2.75, 3.05) is 33.3 Å². The molecule has 2 aromatic carbocycles. The molecule has 0 saturated carbocycles. The Morgan fingerprint density at radius 2 is 1.79 bits per heavy atom. The SMILES string of the molecule is COC(=O)c1ccc(S(=O)(=O)N2CCCN(Cc3ccc(Cl)cc3)CC2)c(C)c1. The molecule has 156 valence electrons. The highest BCUT2D eigenvalue weighted by molar-refractivity contribution is 7.89. The molecule has 2 aromatic rings. The summed E-state index contributed by atoms with van der Waals surface area (Å²) in [6.07, 6.45) is 0.756. The van der Waals surface area contributed by atoms with Crippen LogP contribution in [0.25, 0.3) is 0 Å². The van der Waals surface area contributed by atoms with Crippen LogP contribution in [0.5, 0.6) is 0 Å². The van der Waals surface area contributed by atoms with Crippen molar-refractivity contribution >= 4 is 27.6 Å². The van der Waals surface area contributed by atoms with Gasteiger partial charge in [0.1, 0.15) is 0 Å². The van der Waals surface area contributed by atoms with Crippen LogP contribution in [0.1, 0.15) is 27.9 Å². The van der Waals surface area contributed by atoms with E-state index in [2.05, 4.69) is 4.90 Å². The number of methoxy groups -OCH3 is 1. The predicted octanol–water partition coefficient (Wildman–Crippen LogP) is 3.33. The van der Waals surface area contributed by atoms with E-state index in [0.29, 0.717) is 35.8 Å². The van der Waals surface area contributed by atoms with Gasteiger partial charge in [-0.15, -0.1) is 0 Å². The molecule has 6 nitrogen and oxygen atoms in total. The van der Waals surface area contributed by atoms with Crippen LogP contribution in [-0.4, -0.2) is 56.9 Å². The molecule has 1 fully saturated rings. The Hall–Kier alpha value is -1.93. The molecular weight excluding hydrogens is 412 g/mol. The molecule has 0 atom stereocenters. The van der Waals surface area contributed by atoms with Crippen molar-refractivity contribution in [3.63, 3.8) is 0 Å². The van der Waals surface area contributed by atoms with Crippen molar-refractivity contribution in [2.45, 2.75) is 24.8 Å². The fourth-order valence-electron chi connectivity index (χ4n) is 3.52. The third-order valence-corrected chi connectivity index (χ3v) is 7.39. The number of esters is 1. The minimum absolute atomic E-state index is 0.233. The average molecular weight is 437 g/mol. The fraction of sp³-hybridized carbons (Fsp3) is 0.381. The van der Waals surface area contributed by atoms with Gasteiger partial charge >= 0.3 is 5.97 Å². The molecule has 0 aromatic heterocycles. The second kappa shape index (κ2) is 9.26. The minimum Gasteiger partial charge on any atom is -0.465 e. The molecular formula is C21H25ClN2O4S. The minimum atomic E-state index is -3.63. The zero-order chi connectivity index (χ0) is 21.0. The van der Waals surface area contributed by atoms with Crippen molar-refractivity contribution < 1.29 is 17.9 Å². The number of hydrogen-bond donors (Lipinski definition) is 0. The maximum atomic E-state index is 13.2. The first kappa shape index (κ1) is 21.8. The molecule has 0 spiro atoms. The van der Waals surface area contributed by atoms with Gasteiger partial charge in [-0.3, -0.25) is 4.90 Å². The van der Waals surface area contributed by atoms with E-state index in [0.717, 1.165) is 25.1 Å². The Balaban J connectivity index is 1.71. The van der Waals surface area contributed by atoms with Crippen molar-refractivity contribution in [1.82, 2.24) is 9.21 Å². The predicted molar refractivity (Wildman–Crippen MR) is 113 cm³/mol. The van der Waals surface area contributed by atoms with E-state index in [9.17, 15) is 13.2 Å². The number of rotatable bonds is 5. The molecule has 8 heteroatoms. The number of carbonyl (C=O) groups excluding carboxylic acids is 1. The summed E-state index contributed by atoms with van der Waals surface area (Å²) in [4.78, 5) is 14.2. The zero-order valence-corrected chi connectivity index (χ0v) is 18.2. The summed E-state index contributed by atoms with van der Waals surface area (Å²) in [5, 5.41) is 0.704. The molecule has 0 amide bonds. The standard InChI is InChI=1S/C21H25ClN2O4S/c1-16-14-18(21(25)28-2)6-9-20(16)29(26,27)24-11-3-10-23(12-13-24)15-17-4-7-19(22)8-5-17/h4-9,14H,3,10-13,15H2,1-2H3. The summed E-state index contributed by atoms with van der Waals surface area (Å²) in [5.74, 6) is -0.482. The molecule has 0 unspecified atom stereocenters. The maximum Gasteiger partial charge on any atom is 0.337 e. The van der Waals surface area contributed by atoms with Crippen LogP contribution >= 0.6 is 11.6 Å². The normalized spacial score (nSPS) is 16.4. The van der Waals surface area contributed by atoms with Crippen molar-refractivity contribution in [3.8, 4) is 0 Å². The first-order valence-electron chi connectivity index (χ1n) is 9.47. The van der Waals surface area contributed by atoms with Crippen LogP contribution in [0, 0.1) is 6.92 Å². The monoisotopic (exact) mass is 436 g/mol. The summed E-state index contributed by atoms with van der Waals surface area (Å²) in [7, 11) is -2.33. The average Bonchev–Trinajstić information content (AvgIpc) is 2.95. The second-order valence-corrected chi connectivity index (χ2v) is 9.47. The molecule has 1 heterocycles. The number of nitrogens with zero attached hydrogens (tertiary/aromatic N) is 2. The smallest absolute Gasteiger partial charge is 0.337 e. The Morgan fingerprint density at radius 1 is 1.07 bits per heavy atom. The number of ether oxygens (including phenoxy) is 1. The largest absolute Gasteiger partial charge is 0.465 e. The highest BCUT2D eigenvalue weighted by Crippen LogP contribution is 2.23. The van der Waals surface area contributed by atoms with Gasteiger partial charge in [0.25, 0.3) is 0 Å². The van der Waals surface area contributed by atoms with Crippen LogP contribution in [0.15, 0.2) is 47.4 Å². The van der Waals surface area contributed by atoms with Crippen LogP contribution in [-0.2, 0) is 21.3 Å². The lowest BCUT2D eigenvalue weighted by atomic mass is 10.1. The highest BCUT2D eigenvalue weighted by atomic mass is 35.5. The number of sulfonamides is 1. The van der Waals surface area contributed by atoms with Gasteiger partial charge < -0.3 is 4.74 Å². The van der Waals surface area contributed by atoms with E-state index < -0.39 is 16.0 Å². The number of benzene rings is 2.